The van der Waals surface area contributed by atoms with Crippen LogP contribution >= 0.6 is 0 Å². The van der Waals surface area contributed by atoms with Crippen LogP contribution in [0.15, 0.2) is 47.4 Å². The van der Waals surface area contributed by atoms with Gasteiger partial charge in [-0.1, -0.05) is 17.7 Å². The summed E-state index contributed by atoms with van der Waals surface area (Å²) < 4.78 is 11.9. The lowest BCUT2D eigenvalue weighted by Gasteiger charge is -2.09. The molecule has 0 spiro atoms. The summed E-state index contributed by atoms with van der Waals surface area (Å²) in [6.07, 6.45) is 1.41. The second kappa shape index (κ2) is 7.31. The summed E-state index contributed by atoms with van der Waals surface area (Å²) in [4.78, 5) is 22.6. The Hall–Kier alpha value is -2.76. The van der Waals surface area contributed by atoms with E-state index in [9.17, 15) is 9.59 Å². The maximum Gasteiger partial charge on any atom is 0.323 e. The first kappa shape index (κ1) is 15.6. The lowest BCUT2D eigenvalue weighted by atomic mass is 10.2. The minimum atomic E-state index is -1.08. The van der Waals surface area contributed by atoms with Crippen molar-refractivity contribution in [3.63, 3.8) is 0 Å². The Balaban J connectivity index is 1.88. The number of aliphatic carboxylic acids is 1. The van der Waals surface area contributed by atoms with E-state index in [2.05, 4.69) is 0 Å². The number of pyridine rings is 1. The lowest BCUT2D eigenvalue weighted by Crippen LogP contribution is -2.25. The van der Waals surface area contributed by atoms with Crippen molar-refractivity contribution in [3.05, 3.63) is 58.5 Å². The van der Waals surface area contributed by atoms with Gasteiger partial charge in [0.1, 0.15) is 25.5 Å². The Morgan fingerprint density at radius 1 is 1.14 bits per heavy atom. The number of carboxylic acids is 1. The Kier molecular flexibility index (Phi) is 5.19. The van der Waals surface area contributed by atoms with Crippen LogP contribution in [-0.4, -0.2) is 28.9 Å². The summed E-state index contributed by atoms with van der Waals surface area (Å²) in [6, 6.07) is 10.7. The highest BCUT2D eigenvalue weighted by Gasteiger charge is 2.07. The van der Waals surface area contributed by atoms with E-state index in [1.165, 1.54) is 12.3 Å². The van der Waals surface area contributed by atoms with Gasteiger partial charge in [0, 0.05) is 6.20 Å². The SMILES string of the molecule is Cc1ccc(OCCOc2cccn(CC(=O)O)c2=O)cc1. The highest BCUT2D eigenvalue weighted by molar-refractivity contribution is 5.66. The fourth-order valence-electron chi connectivity index (χ4n) is 1.84. The fraction of sp³-hybridized carbons (Fsp3) is 0.250. The van der Waals surface area contributed by atoms with E-state index in [1.807, 2.05) is 31.2 Å². The van der Waals surface area contributed by atoms with Crippen molar-refractivity contribution >= 4 is 5.97 Å². The minimum Gasteiger partial charge on any atom is -0.490 e. The van der Waals surface area contributed by atoms with Gasteiger partial charge < -0.3 is 19.1 Å². The molecule has 0 radical (unpaired) electrons. The monoisotopic (exact) mass is 303 g/mol. The molecule has 22 heavy (non-hydrogen) atoms. The fourth-order valence-corrected chi connectivity index (χ4v) is 1.84. The molecular weight excluding hydrogens is 286 g/mol. The van der Waals surface area contributed by atoms with Crippen LogP contribution in [0.1, 0.15) is 5.56 Å². The summed E-state index contributed by atoms with van der Waals surface area (Å²) in [5.41, 5.74) is 0.673. The first-order valence-corrected chi connectivity index (χ1v) is 6.80. The predicted octanol–water partition coefficient (Wildman–Crippen LogP) is 1.70. The molecule has 2 aromatic rings. The van der Waals surface area contributed by atoms with Crippen molar-refractivity contribution in [2.45, 2.75) is 13.5 Å². The van der Waals surface area contributed by atoms with Gasteiger partial charge in [0.05, 0.1) is 0 Å². The maximum atomic E-state index is 11.9. The Labute approximate surface area is 127 Å². The van der Waals surface area contributed by atoms with Gasteiger partial charge >= 0.3 is 5.97 Å². The van der Waals surface area contributed by atoms with Gasteiger partial charge in [-0.2, -0.15) is 0 Å². The highest BCUT2D eigenvalue weighted by atomic mass is 16.5. The van der Waals surface area contributed by atoms with Gasteiger partial charge in [-0.05, 0) is 31.2 Å². The van der Waals surface area contributed by atoms with Gasteiger partial charge in [0.2, 0.25) is 0 Å². The van der Waals surface area contributed by atoms with Crippen LogP contribution in [0.25, 0.3) is 0 Å². The minimum absolute atomic E-state index is 0.108. The molecule has 0 aliphatic rings. The largest absolute Gasteiger partial charge is 0.490 e. The number of ether oxygens (including phenoxy) is 2. The summed E-state index contributed by atoms with van der Waals surface area (Å²) in [7, 11) is 0. The third-order valence-corrected chi connectivity index (χ3v) is 2.92. The molecule has 0 unspecified atom stereocenters. The molecule has 1 aromatic heterocycles. The second-order valence-electron chi connectivity index (χ2n) is 4.71. The first-order valence-electron chi connectivity index (χ1n) is 6.80. The molecule has 6 nitrogen and oxygen atoms in total. The average Bonchev–Trinajstić information content (AvgIpc) is 2.48. The van der Waals surface area contributed by atoms with Crippen LogP contribution in [0.5, 0.6) is 11.5 Å². The van der Waals surface area contributed by atoms with Crippen LogP contribution in [0.3, 0.4) is 0 Å². The number of nitrogens with zero attached hydrogens (tertiary/aromatic N) is 1. The molecule has 0 aliphatic heterocycles. The van der Waals surface area contributed by atoms with Gasteiger partial charge in [0.15, 0.2) is 5.75 Å². The average molecular weight is 303 g/mol. The van der Waals surface area contributed by atoms with E-state index in [-0.39, 0.29) is 19.0 Å². The standard InChI is InChI=1S/C16H17NO5/c1-12-4-6-13(7-5-12)21-9-10-22-14-3-2-8-17(16(14)20)11-15(18)19/h2-8H,9-11H2,1H3,(H,18,19). The van der Waals surface area contributed by atoms with E-state index in [4.69, 9.17) is 14.6 Å². The van der Waals surface area contributed by atoms with Crippen LogP contribution in [-0.2, 0) is 11.3 Å². The Morgan fingerprint density at radius 3 is 2.50 bits per heavy atom. The summed E-state index contributed by atoms with van der Waals surface area (Å²) in [6.45, 7) is 2.08. The molecule has 0 saturated carbocycles. The highest BCUT2D eigenvalue weighted by Crippen LogP contribution is 2.11. The number of hydrogen-bond acceptors (Lipinski definition) is 4. The van der Waals surface area contributed by atoms with E-state index >= 15 is 0 Å². The number of benzene rings is 1. The van der Waals surface area contributed by atoms with Gasteiger partial charge in [-0.3, -0.25) is 9.59 Å². The van der Waals surface area contributed by atoms with Crippen molar-refractivity contribution in [2.75, 3.05) is 13.2 Å². The number of rotatable bonds is 7. The molecule has 2 rings (SSSR count). The summed E-state index contributed by atoms with van der Waals surface area (Å²) in [5.74, 6) is -0.247. The maximum absolute atomic E-state index is 11.9. The predicted molar refractivity (Wildman–Crippen MR) is 80.5 cm³/mol. The second-order valence-corrected chi connectivity index (χ2v) is 4.71. The quantitative estimate of drug-likeness (QED) is 0.788. The molecule has 0 bridgehead atoms. The van der Waals surface area contributed by atoms with Crippen molar-refractivity contribution in [2.24, 2.45) is 0 Å². The van der Waals surface area contributed by atoms with Crippen molar-refractivity contribution in [1.82, 2.24) is 4.57 Å². The van der Waals surface area contributed by atoms with E-state index in [1.54, 1.807) is 6.07 Å². The van der Waals surface area contributed by atoms with Gasteiger partial charge in [-0.15, -0.1) is 0 Å². The molecule has 0 atom stereocenters. The third kappa shape index (κ3) is 4.37. The topological polar surface area (TPSA) is 77.8 Å². The molecule has 0 saturated heterocycles. The van der Waals surface area contributed by atoms with Gasteiger partial charge in [-0.25, -0.2) is 0 Å². The normalized spacial score (nSPS) is 10.2. The molecule has 1 heterocycles. The lowest BCUT2D eigenvalue weighted by molar-refractivity contribution is -0.137. The van der Waals surface area contributed by atoms with Crippen molar-refractivity contribution in [1.29, 1.82) is 0 Å². The number of aryl methyl sites for hydroxylation is 1. The molecule has 0 amide bonds. The summed E-state index contributed by atoms with van der Waals surface area (Å²) in [5, 5.41) is 8.72. The van der Waals surface area contributed by atoms with Crippen LogP contribution in [0.4, 0.5) is 0 Å². The van der Waals surface area contributed by atoms with E-state index < -0.39 is 18.1 Å². The molecule has 0 fully saturated rings. The number of hydrogen-bond donors (Lipinski definition) is 1. The van der Waals surface area contributed by atoms with Crippen molar-refractivity contribution in [3.8, 4) is 11.5 Å². The molecule has 1 aromatic carbocycles. The molecule has 6 heteroatoms. The molecule has 1 N–H and O–H groups in total. The Morgan fingerprint density at radius 2 is 1.82 bits per heavy atom. The summed E-state index contributed by atoms with van der Waals surface area (Å²) >= 11 is 0. The number of aromatic nitrogens is 1. The van der Waals surface area contributed by atoms with Gasteiger partial charge in [0.25, 0.3) is 5.56 Å². The van der Waals surface area contributed by atoms with E-state index in [0.29, 0.717) is 0 Å². The molecular formula is C16H17NO5. The molecule has 116 valence electrons. The van der Waals surface area contributed by atoms with Crippen LogP contribution < -0.4 is 15.0 Å². The molecule has 0 aliphatic carbocycles. The Bertz CT molecular complexity index is 690. The zero-order valence-electron chi connectivity index (χ0n) is 12.2. The van der Waals surface area contributed by atoms with Crippen LogP contribution in [0.2, 0.25) is 0 Å². The zero-order chi connectivity index (χ0) is 15.9. The first-order chi connectivity index (χ1) is 10.6. The smallest absolute Gasteiger partial charge is 0.323 e. The third-order valence-electron chi connectivity index (χ3n) is 2.92. The van der Waals surface area contributed by atoms with Crippen molar-refractivity contribution < 1.29 is 19.4 Å². The van der Waals surface area contributed by atoms with E-state index in [0.717, 1.165) is 15.9 Å². The number of carbonyl (C=O) groups is 1. The number of carboxylic acid groups (broad SMARTS) is 1. The zero-order valence-corrected chi connectivity index (χ0v) is 12.2. The van der Waals surface area contributed by atoms with Crippen LogP contribution in [0, 0.1) is 6.92 Å².